The molecule has 0 atom stereocenters. The summed E-state index contributed by atoms with van der Waals surface area (Å²) in [7, 11) is -3.63. The van der Waals surface area contributed by atoms with Crippen LogP contribution in [0.3, 0.4) is 0 Å². The Hall–Kier alpha value is -2.51. The molecule has 1 saturated heterocycles. The molecule has 1 aliphatic rings. The van der Waals surface area contributed by atoms with Crippen LogP contribution in [0.2, 0.25) is 0 Å². The molecule has 1 N–H and O–H groups in total. The van der Waals surface area contributed by atoms with Crippen LogP contribution in [0.4, 0.5) is 5.69 Å². The van der Waals surface area contributed by atoms with E-state index in [0.29, 0.717) is 31.5 Å². The van der Waals surface area contributed by atoms with Gasteiger partial charge in [0.1, 0.15) is 0 Å². The van der Waals surface area contributed by atoms with Crippen LogP contribution < -0.4 is 5.32 Å². The first-order chi connectivity index (χ1) is 14.8. The largest absolute Gasteiger partial charge is 0.326 e. The maximum absolute atomic E-state index is 12.9. The second-order valence-corrected chi connectivity index (χ2v) is 9.99. The minimum Gasteiger partial charge on any atom is -0.326 e. The second-order valence-electron chi connectivity index (χ2n) is 8.05. The zero-order chi connectivity index (χ0) is 22.4. The number of sulfonamides is 1. The molecule has 2 aromatic carbocycles. The van der Waals surface area contributed by atoms with E-state index < -0.39 is 10.0 Å². The van der Waals surface area contributed by atoms with Gasteiger partial charge in [-0.1, -0.05) is 37.6 Å². The molecule has 1 amide bonds. The molecule has 0 aliphatic carbocycles. The van der Waals surface area contributed by atoms with E-state index in [2.05, 4.69) is 12.2 Å². The van der Waals surface area contributed by atoms with E-state index in [1.807, 2.05) is 24.3 Å². The van der Waals surface area contributed by atoms with Crippen LogP contribution in [-0.4, -0.2) is 37.5 Å². The number of nitrogens with one attached hydrogen (secondary N) is 1. The average Bonchev–Trinajstić information content (AvgIpc) is 2.78. The van der Waals surface area contributed by atoms with Gasteiger partial charge in [-0.25, -0.2) is 8.42 Å². The van der Waals surface area contributed by atoms with Gasteiger partial charge in [-0.2, -0.15) is 4.31 Å². The van der Waals surface area contributed by atoms with Crippen molar-refractivity contribution in [3.63, 3.8) is 0 Å². The van der Waals surface area contributed by atoms with Crippen LogP contribution in [-0.2, 0) is 21.2 Å². The van der Waals surface area contributed by atoms with Crippen LogP contribution in [0.25, 0.3) is 0 Å². The van der Waals surface area contributed by atoms with Crippen LogP contribution in [0.5, 0.6) is 0 Å². The Morgan fingerprint density at radius 3 is 2.16 bits per heavy atom. The molecule has 2 aromatic rings. The number of Topliss-reactive ketones (excluding diaryl/α,β-unsaturated/α-hetero) is 1. The number of carbonyl (C=O) groups excluding carboxylic acids is 2. The van der Waals surface area contributed by atoms with E-state index in [0.717, 1.165) is 24.9 Å². The van der Waals surface area contributed by atoms with E-state index in [1.165, 1.54) is 41.1 Å². The van der Waals surface area contributed by atoms with E-state index in [9.17, 15) is 18.0 Å². The van der Waals surface area contributed by atoms with E-state index >= 15 is 0 Å². The first-order valence-electron chi connectivity index (χ1n) is 10.8. The highest BCUT2D eigenvalue weighted by atomic mass is 32.2. The van der Waals surface area contributed by atoms with Gasteiger partial charge in [-0.3, -0.25) is 9.59 Å². The number of hydrogen-bond donors (Lipinski definition) is 1. The third-order valence-corrected chi connectivity index (χ3v) is 7.68. The summed E-state index contributed by atoms with van der Waals surface area (Å²) in [5, 5.41) is 2.96. The molecule has 31 heavy (non-hydrogen) atoms. The molecule has 166 valence electrons. The standard InChI is InChI=1S/C24H30N2O4S/c1-3-4-5-19-6-10-22(11-7-19)25-24(28)21-14-16-26(17-15-21)31(29,30)23-12-8-20(9-13-23)18(2)27/h6-13,21H,3-5,14-17H2,1-2H3,(H,25,28). The Morgan fingerprint density at radius 1 is 1.00 bits per heavy atom. The van der Waals surface area contributed by atoms with Crippen molar-refractivity contribution in [2.24, 2.45) is 5.92 Å². The van der Waals surface area contributed by atoms with Crippen molar-refractivity contribution in [1.29, 1.82) is 0 Å². The van der Waals surface area contributed by atoms with Gasteiger partial charge < -0.3 is 5.32 Å². The SMILES string of the molecule is CCCCc1ccc(NC(=O)C2CCN(S(=O)(=O)c3ccc(C(C)=O)cc3)CC2)cc1. The predicted octanol–water partition coefficient (Wildman–Crippen LogP) is 4.27. The monoisotopic (exact) mass is 442 g/mol. The highest BCUT2D eigenvalue weighted by Gasteiger charge is 2.32. The Balaban J connectivity index is 1.55. The molecule has 0 spiro atoms. The number of nitrogens with zero attached hydrogens (tertiary/aromatic N) is 1. The molecule has 0 aromatic heterocycles. The number of rotatable bonds is 8. The first-order valence-corrected chi connectivity index (χ1v) is 12.3. The highest BCUT2D eigenvalue weighted by molar-refractivity contribution is 7.89. The van der Waals surface area contributed by atoms with E-state index in [1.54, 1.807) is 0 Å². The fourth-order valence-electron chi connectivity index (χ4n) is 3.75. The summed E-state index contributed by atoms with van der Waals surface area (Å²) in [6.45, 7) is 4.20. The molecule has 1 fully saturated rings. The van der Waals surface area contributed by atoms with Gasteiger partial charge in [0.15, 0.2) is 5.78 Å². The Labute approximate surface area is 184 Å². The van der Waals surface area contributed by atoms with Crippen molar-refractivity contribution >= 4 is 27.4 Å². The topological polar surface area (TPSA) is 83.6 Å². The summed E-state index contributed by atoms with van der Waals surface area (Å²) in [6.07, 6.45) is 4.29. The lowest BCUT2D eigenvalue weighted by atomic mass is 9.97. The molecule has 0 bridgehead atoms. The number of unbranched alkanes of at least 4 members (excludes halogenated alkanes) is 1. The van der Waals surface area contributed by atoms with Crippen molar-refractivity contribution in [3.05, 3.63) is 59.7 Å². The van der Waals surface area contributed by atoms with Crippen LogP contribution >= 0.6 is 0 Å². The van der Waals surface area contributed by atoms with Crippen molar-refractivity contribution in [3.8, 4) is 0 Å². The maximum atomic E-state index is 12.9. The van der Waals surface area contributed by atoms with Gasteiger partial charge in [0, 0.05) is 30.3 Å². The molecule has 1 heterocycles. The zero-order valence-corrected chi connectivity index (χ0v) is 19.0. The van der Waals surface area contributed by atoms with Crippen LogP contribution in [0.15, 0.2) is 53.4 Å². The predicted molar refractivity (Wildman–Crippen MR) is 122 cm³/mol. The summed E-state index contributed by atoms with van der Waals surface area (Å²) in [6, 6.07) is 13.9. The summed E-state index contributed by atoms with van der Waals surface area (Å²) in [5.41, 5.74) is 2.51. The van der Waals surface area contributed by atoms with Gasteiger partial charge in [-0.05, 0) is 62.4 Å². The van der Waals surface area contributed by atoms with Crippen molar-refractivity contribution in [2.45, 2.75) is 50.8 Å². The normalized spacial score (nSPS) is 15.5. The lowest BCUT2D eigenvalue weighted by Gasteiger charge is -2.30. The van der Waals surface area contributed by atoms with Gasteiger partial charge in [0.05, 0.1) is 4.90 Å². The smallest absolute Gasteiger partial charge is 0.243 e. The molecule has 0 unspecified atom stereocenters. The molecule has 0 radical (unpaired) electrons. The molecule has 7 heteroatoms. The minimum absolute atomic E-state index is 0.0656. The van der Waals surface area contributed by atoms with Crippen molar-refractivity contribution < 1.29 is 18.0 Å². The zero-order valence-electron chi connectivity index (χ0n) is 18.1. The molecular weight excluding hydrogens is 412 g/mol. The molecular formula is C24H30N2O4S. The lowest BCUT2D eigenvalue weighted by Crippen LogP contribution is -2.41. The number of amides is 1. The second kappa shape index (κ2) is 10.2. The number of ketones is 1. The molecule has 1 aliphatic heterocycles. The molecule has 0 saturated carbocycles. The summed E-state index contributed by atoms with van der Waals surface area (Å²) >= 11 is 0. The maximum Gasteiger partial charge on any atom is 0.243 e. The van der Waals surface area contributed by atoms with Crippen molar-refractivity contribution in [2.75, 3.05) is 18.4 Å². The van der Waals surface area contributed by atoms with E-state index in [4.69, 9.17) is 0 Å². The molecule has 3 rings (SSSR count). The first kappa shape index (κ1) is 23.2. The number of aryl methyl sites for hydroxylation is 1. The number of benzene rings is 2. The summed E-state index contributed by atoms with van der Waals surface area (Å²) < 4.78 is 27.2. The summed E-state index contributed by atoms with van der Waals surface area (Å²) in [4.78, 5) is 24.2. The van der Waals surface area contributed by atoms with Crippen molar-refractivity contribution in [1.82, 2.24) is 4.31 Å². The third-order valence-electron chi connectivity index (χ3n) is 5.76. The third kappa shape index (κ3) is 5.80. The Morgan fingerprint density at radius 2 is 1.61 bits per heavy atom. The quantitative estimate of drug-likeness (QED) is 0.619. The summed E-state index contributed by atoms with van der Waals surface area (Å²) in [5.74, 6) is -0.387. The van der Waals surface area contributed by atoms with Crippen LogP contribution in [0.1, 0.15) is 55.5 Å². The molecule has 6 nitrogen and oxygen atoms in total. The Bertz CT molecular complexity index is 1010. The van der Waals surface area contributed by atoms with Gasteiger partial charge in [0.2, 0.25) is 15.9 Å². The number of hydrogen-bond acceptors (Lipinski definition) is 4. The van der Waals surface area contributed by atoms with Crippen LogP contribution in [0, 0.1) is 5.92 Å². The fraction of sp³-hybridized carbons (Fsp3) is 0.417. The average molecular weight is 443 g/mol. The Kier molecular flexibility index (Phi) is 7.62. The van der Waals surface area contributed by atoms with Gasteiger partial charge in [0.25, 0.3) is 0 Å². The number of anilines is 1. The lowest BCUT2D eigenvalue weighted by molar-refractivity contribution is -0.120. The highest BCUT2D eigenvalue weighted by Crippen LogP contribution is 2.25. The van der Waals surface area contributed by atoms with E-state index in [-0.39, 0.29) is 22.5 Å². The fourth-order valence-corrected chi connectivity index (χ4v) is 5.22. The van der Waals surface area contributed by atoms with Gasteiger partial charge in [-0.15, -0.1) is 0 Å². The minimum atomic E-state index is -3.63. The van der Waals surface area contributed by atoms with Gasteiger partial charge >= 0.3 is 0 Å². The number of carbonyl (C=O) groups is 2. The number of piperidine rings is 1.